The van der Waals surface area contributed by atoms with E-state index in [4.69, 9.17) is 21.1 Å². The molecular weight excluding hydrogens is 366 g/mol. The topological polar surface area (TPSA) is 73.3 Å². The number of hydrogen-bond acceptors (Lipinski definition) is 6. The average molecular weight is 384 g/mol. The Balaban J connectivity index is 1.63. The van der Waals surface area contributed by atoms with Crippen molar-refractivity contribution in [3.8, 4) is 0 Å². The number of para-hydroxylation sites is 2. The SMILES string of the molecule is O=C(OC[C@H]1CCCO1)c1nc2ccccc2nc1Nc1ccc(Cl)cc1. The van der Waals surface area contributed by atoms with E-state index < -0.39 is 5.97 Å². The van der Waals surface area contributed by atoms with Crippen molar-refractivity contribution >= 4 is 40.1 Å². The summed E-state index contributed by atoms with van der Waals surface area (Å²) in [6, 6.07) is 14.5. The molecule has 1 saturated heterocycles. The fraction of sp³-hybridized carbons (Fsp3) is 0.250. The second kappa shape index (κ2) is 7.90. The molecule has 1 aliphatic heterocycles. The van der Waals surface area contributed by atoms with Gasteiger partial charge in [0.25, 0.3) is 0 Å². The van der Waals surface area contributed by atoms with Gasteiger partial charge in [0, 0.05) is 17.3 Å². The number of esters is 1. The molecule has 0 amide bonds. The molecule has 1 fully saturated rings. The van der Waals surface area contributed by atoms with E-state index in [0.717, 1.165) is 18.5 Å². The molecule has 7 heteroatoms. The maximum Gasteiger partial charge on any atom is 0.360 e. The van der Waals surface area contributed by atoms with E-state index in [1.165, 1.54) is 0 Å². The Labute approximate surface area is 161 Å². The summed E-state index contributed by atoms with van der Waals surface area (Å²) in [7, 11) is 0. The number of nitrogens with one attached hydrogen (secondary N) is 1. The Kier molecular flexibility index (Phi) is 5.18. The van der Waals surface area contributed by atoms with Crippen LogP contribution >= 0.6 is 11.6 Å². The number of fused-ring (bicyclic) bond motifs is 1. The van der Waals surface area contributed by atoms with Crippen LogP contribution in [0.1, 0.15) is 23.3 Å². The van der Waals surface area contributed by atoms with Crippen LogP contribution in [-0.2, 0) is 9.47 Å². The molecule has 2 heterocycles. The molecule has 0 saturated carbocycles. The molecule has 1 N–H and O–H groups in total. The van der Waals surface area contributed by atoms with Crippen LogP contribution in [0.15, 0.2) is 48.5 Å². The van der Waals surface area contributed by atoms with Gasteiger partial charge in [-0.15, -0.1) is 0 Å². The van der Waals surface area contributed by atoms with Gasteiger partial charge in [0.15, 0.2) is 11.5 Å². The van der Waals surface area contributed by atoms with Crippen molar-refractivity contribution in [2.45, 2.75) is 18.9 Å². The van der Waals surface area contributed by atoms with Crippen LogP contribution in [0.5, 0.6) is 0 Å². The lowest BCUT2D eigenvalue weighted by atomic mass is 10.2. The Bertz CT molecular complexity index is 956. The molecular formula is C20H18ClN3O3. The Morgan fingerprint density at radius 2 is 1.89 bits per heavy atom. The van der Waals surface area contributed by atoms with Crippen LogP contribution in [0, 0.1) is 0 Å². The molecule has 2 aromatic carbocycles. The quantitative estimate of drug-likeness (QED) is 0.660. The third-order valence-corrected chi connectivity index (χ3v) is 4.55. The fourth-order valence-corrected chi connectivity index (χ4v) is 3.04. The number of nitrogens with zero attached hydrogens (tertiary/aromatic N) is 2. The van der Waals surface area contributed by atoms with E-state index >= 15 is 0 Å². The van der Waals surface area contributed by atoms with Crippen LogP contribution in [-0.4, -0.2) is 35.3 Å². The number of hydrogen-bond donors (Lipinski definition) is 1. The molecule has 4 rings (SSSR count). The Morgan fingerprint density at radius 1 is 1.15 bits per heavy atom. The maximum atomic E-state index is 12.7. The number of carbonyl (C=O) groups is 1. The minimum atomic E-state index is -0.528. The van der Waals surface area contributed by atoms with Crippen LogP contribution in [0.2, 0.25) is 5.02 Å². The first-order chi connectivity index (χ1) is 13.2. The van der Waals surface area contributed by atoms with Gasteiger partial charge in [0.2, 0.25) is 0 Å². The average Bonchev–Trinajstić information content (AvgIpc) is 3.21. The van der Waals surface area contributed by atoms with Crippen molar-refractivity contribution in [1.82, 2.24) is 9.97 Å². The second-order valence-corrected chi connectivity index (χ2v) is 6.71. The van der Waals surface area contributed by atoms with Gasteiger partial charge in [0.1, 0.15) is 6.61 Å². The predicted molar refractivity (Wildman–Crippen MR) is 104 cm³/mol. The summed E-state index contributed by atoms with van der Waals surface area (Å²) in [6.45, 7) is 0.926. The van der Waals surface area contributed by atoms with Crippen molar-refractivity contribution < 1.29 is 14.3 Å². The van der Waals surface area contributed by atoms with E-state index in [2.05, 4.69) is 15.3 Å². The molecule has 138 valence electrons. The highest BCUT2D eigenvalue weighted by atomic mass is 35.5. The van der Waals surface area contributed by atoms with Crippen LogP contribution in [0.4, 0.5) is 11.5 Å². The summed E-state index contributed by atoms with van der Waals surface area (Å²) < 4.78 is 10.9. The van der Waals surface area contributed by atoms with Crippen LogP contribution in [0.3, 0.4) is 0 Å². The number of carbonyl (C=O) groups excluding carboxylic acids is 1. The zero-order valence-corrected chi connectivity index (χ0v) is 15.3. The molecule has 6 nitrogen and oxygen atoms in total. The first kappa shape index (κ1) is 17.7. The molecule has 0 aliphatic carbocycles. The van der Waals surface area contributed by atoms with E-state index in [9.17, 15) is 4.79 Å². The summed E-state index contributed by atoms with van der Waals surface area (Å²) in [5.41, 5.74) is 2.20. The van der Waals surface area contributed by atoms with Crippen molar-refractivity contribution in [3.63, 3.8) is 0 Å². The van der Waals surface area contributed by atoms with Crippen molar-refractivity contribution in [3.05, 3.63) is 59.2 Å². The summed E-state index contributed by atoms with van der Waals surface area (Å²) in [5.74, 6) is -0.187. The van der Waals surface area contributed by atoms with Gasteiger partial charge in [-0.3, -0.25) is 0 Å². The molecule has 1 atom stereocenters. The molecule has 27 heavy (non-hydrogen) atoms. The smallest absolute Gasteiger partial charge is 0.360 e. The summed E-state index contributed by atoms with van der Waals surface area (Å²) in [5, 5.41) is 3.76. The normalized spacial score (nSPS) is 16.4. The lowest BCUT2D eigenvalue weighted by Crippen LogP contribution is -2.19. The lowest BCUT2D eigenvalue weighted by Gasteiger charge is -2.13. The Hall–Kier alpha value is -2.70. The highest BCUT2D eigenvalue weighted by Crippen LogP contribution is 2.23. The Morgan fingerprint density at radius 3 is 2.59 bits per heavy atom. The van der Waals surface area contributed by atoms with Crippen molar-refractivity contribution in [2.24, 2.45) is 0 Å². The highest BCUT2D eigenvalue weighted by Gasteiger charge is 2.22. The minimum absolute atomic E-state index is 0.0463. The minimum Gasteiger partial charge on any atom is -0.458 e. The van der Waals surface area contributed by atoms with Gasteiger partial charge in [-0.1, -0.05) is 23.7 Å². The van der Waals surface area contributed by atoms with Crippen molar-refractivity contribution in [2.75, 3.05) is 18.5 Å². The van der Waals surface area contributed by atoms with E-state index in [0.29, 0.717) is 28.5 Å². The zero-order chi connectivity index (χ0) is 18.6. The highest BCUT2D eigenvalue weighted by molar-refractivity contribution is 6.30. The van der Waals surface area contributed by atoms with Gasteiger partial charge in [-0.2, -0.15) is 0 Å². The first-order valence-corrected chi connectivity index (χ1v) is 9.15. The molecule has 0 spiro atoms. The number of halogens is 1. The third kappa shape index (κ3) is 4.18. The molecule has 0 unspecified atom stereocenters. The van der Waals surface area contributed by atoms with Gasteiger partial charge < -0.3 is 14.8 Å². The summed E-state index contributed by atoms with van der Waals surface area (Å²) >= 11 is 5.94. The number of anilines is 2. The number of benzene rings is 2. The van der Waals surface area contributed by atoms with E-state index in [1.54, 1.807) is 24.3 Å². The number of ether oxygens (including phenoxy) is 2. The molecule has 0 bridgehead atoms. The molecule has 1 aliphatic rings. The molecule has 1 aromatic heterocycles. The lowest BCUT2D eigenvalue weighted by molar-refractivity contribution is 0.0157. The third-order valence-electron chi connectivity index (χ3n) is 4.30. The van der Waals surface area contributed by atoms with E-state index in [-0.39, 0.29) is 18.4 Å². The van der Waals surface area contributed by atoms with Crippen LogP contribution < -0.4 is 5.32 Å². The van der Waals surface area contributed by atoms with Crippen molar-refractivity contribution in [1.29, 1.82) is 0 Å². The number of rotatable bonds is 5. The predicted octanol–water partition coefficient (Wildman–Crippen LogP) is 4.36. The van der Waals surface area contributed by atoms with Gasteiger partial charge >= 0.3 is 5.97 Å². The summed E-state index contributed by atoms with van der Waals surface area (Å²) in [6.07, 6.45) is 1.84. The zero-order valence-electron chi connectivity index (χ0n) is 14.5. The second-order valence-electron chi connectivity index (χ2n) is 6.27. The molecule has 3 aromatic rings. The largest absolute Gasteiger partial charge is 0.458 e. The van der Waals surface area contributed by atoms with Gasteiger partial charge in [0.05, 0.1) is 17.1 Å². The molecule has 0 radical (unpaired) electrons. The summed E-state index contributed by atoms with van der Waals surface area (Å²) in [4.78, 5) is 21.7. The van der Waals surface area contributed by atoms with Gasteiger partial charge in [-0.25, -0.2) is 14.8 Å². The first-order valence-electron chi connectivity index (χ1n) is 8.77. The van der Waals surface area contributed by atoms with Crippen LogP contribution in [0.25, 0.3) is 11.0 Å². The monoisotopic (exact) mass is 383 g/mol. The maximum absolute atomic E-state index is 12.7. The van der Waals surface area contributed by atoms with Gasteiger partial charge in [-0.05, 0) is 49.2 Å². The fourth-order valence-electron chi connectivity index (χ4n) is 2.91. The van der Waals surface area contributed by atoms with E-state index in [1.807, 2.05) is 24.3 Å². The number of aromatic nitrogens is 2. The standard InChI is InChI=1S/C20H18ClN3O3/c21-13-7-9-14(10-8-13)22-19-18(20(25)27-12-15-4-3-11-26-15)23-16-5-1-2-6-17(16)24-19/h1-2,5-10,15H,3-4,11-12H2,(H,22,24)/t15-/m1/s1.